The summed E-state index contributed by atoms with van der Waals surface area (Å²) in [4.78, 5) is 0. The van der Waals surface area contributed by atoms with Crippen molar-refractivity contribution in [3.05, 3.63) is 5.92 Å². The molecule has 0 nitrogen and oxygen atoms in total. The van der Waals surface area contributed by atoms with Gasteiger partial charge in [-0.15, -0.1) is 0 Å². The van der Waals surface area contributed by atoms with Crippen LogP contribution in [0.15, 0.2) is 0 Å². The fourth-order valence-corrected chi connectivity index (χ4v) is 0.979. The Hall–Kier alpha value is 0.740. The van der Waals surface area contributed by atoms with Crippen molar-refractivity contribution in [3.8, 4) is 0 Å². The first-order valence-electron chi connectivity index (χ1n) is 2.71. The fraction of sp³-hybridized carbons (Fsp3) is 0.833. The monoisotopic (exact) mass is 190 g/mol. The van der Waals surface area contributed by atoms with Crippen LogP contribution in [0.4, 0.5) is 0 Å². The Labute approximate surface area is 61.2 Å². The topological polar surface area (TPSA) is 0 Å². The zero-order valence-corrected chi connectivity index (χ0v) is 6.11. The fourth-order valence-electron chi connectivity index (χ4n) is 0.979. The molecule has 0 aromatic rings. The molecular weight excluding hydrogens is 180 g/mol. The van der Waals surface area contributed by atoms with Crippen LogP contribution in [-0.2, 0) is 22.4 Å². The predicted octanol–water partition coefficient (Wildman–Crippen LogP) is 2.15. The molecule has 0 aromatic carbocycles. The van der Waals surface area contributed by atoms with Crippen molar-refractivity contribution in [3.63, 3.8) is 0 Å². The van der Waals surface area contributed by atoms with Crippen molar-refractivity contribution in [1.82, 2.24) is 0 Å². The Balaban J connectivity index is 0.000000360. The maximum Gasteiger partial charge on any atom is 1.00 e. The molecule has 46 valence electrons. The first kappa shape index (κ1) is 7.74. The van der Waals surface area contributed by atoms with Gasteiger partial charge in [-0.3, -0.25) is 0 Å². The summed E-state index contributed by atoms with van der Waals surface area (Å²) < 4.78 is 0. The van der Waals surface area contributed by atoms with Crippen LogP contribution in [0.1, 0.15) is 32.6 Å². The normalized spacial score (nSPS) is 21.9. The molecule has 0 aromatic heterocycles. The van der Waals surface area contributed by atoms with E-state index in [4.69, 9.17) is 0 Å². The number of hydrogen-bond acceptors (Lipinski definition) is 0. The van der Waals surface area contributed by atoms with Gasteiger partial charge in [-0.2, -0.15) is 19.8 Å². The summed E-state index contributed by atoms with van der Waals surface area (Å²) >= 11 is 0. The number of hydrogen-bond donors (Lipinski definition) is 0. The van der Waals surface area contributed by atoms with Gasteiger partial charge < -0.3 is 5.92 Å². The summed E-state index contributed by atoms with van der Waals surface area (Å²) in [5, 5.41) is 0. The minimum Gasteiger partial charge on any atom is -0.317 e. The quantitative estimate of drug-likeness (QED) is 0.406. The van der Waals surface area contributed by atoms with Gasteiger partial charge in [0, 0.05) is 0 Å². The van der Waals surface area contributed by atoms with Crippen molar-refractivity contribution < 1.29 is 22.4 Å². The van der Waals surface area contributed by atoms with E-state index in [1.807, 2.05) is 0 Å². The standard InChI is InChI=1S/C6H11.Ag/c1-6-4-2-3-5-6;/h2-5H2,1H3;/q-1;+1. The van der Waals surface area contributed by atoms with Gasteiger partial charge in [-0.1, -0.05) is 12.8 Å². The third-order valence-corrected chi connectivity index (χ3v) is 1.46. The molecule has 0 atom stereocenters. The van der Waals surface area contributed by atoms with Crippen LogP contribution < -0.4 is 0 Å². The molecule has 0 bridgehead atoms. The van der Waals surface area contributed by atoms with Crippen molar-refractivity contribution in [2.24, 2.45) is 0 Å². The molecule has 1 rings (SSSR count). The first-order valence-corrected chi connectivity index (χ1v) is 2.71. The molecule has 1 aliphatic rings. The van der Waals surface area contributed by atoms with E-state index in [0.717, 1.165) is 0 Å². The zero-order chi connectivity index (χ0) is 4.41. The second kappa shape index (κ2) is 3.71. The van der Waals surface area contributed by atoms with E-state index in [1.165, 1.54) is 25.7 Å². The van der Waals surface area contributed by atoms with E-state index in [1.54, 1.807) is 5.92 Å². The van der Waals surface area contributed by atoms with E-state index < -0.39 is 0 Å². The van der Waals surface area contributed by atoms with E-state index in [0.29, 0.717) is 0 Å². The van der Waals surface area contributed by atoms with Crippen LogP contribution in [0.2, 0.25) is 0 Å². The molecule has 0 spiro atoms. The van der Waals surface area contributed by atoms with Crippen LogP contribution in [0.3, 0.4) is 0 Å². The van der Waals surface area contributed by atoms with Gasteiger partial charge in [-0.25, -0.2) is 0 Å². The van der Waals surface area contributed by atoms with Gasteiger partial charge in [0.2, 0.25) is 0 Å². The van der Waals surface area contributed by atoms with Crippen LogP contribution in [0.5, 0.6) is 0 Å². The Morgan fingerprint density at radius 2 is 1.57 bits per heavy atom. The van der Waals surface area contributed by atoms with Crippen molar-refractivity contribution in [2.75, 3.05) is 0 Å². The van der Waals surface area contributed by atoms with Crippen molar-refractivity contribution in [2.45, 2.75) is 32.6 Å². The molecule has 0 radical (unpaired) electrons. The Bertz CT molecular complexity index is 37.4. The molecular formula is C6H11Ag. The van der Waals surface area contributed by atoms with E-state index >= 15 is 0 Å². The molecule has 0 aliphatic heterocycles. The third kappa shape index (κ3) is 2.53. The summed E-state index contributed by atoms with van der Waals surface area (Å²) in [6, 6.07) is 0. The molecule has 0 unspecified atom stereocenters. The van der Waals surface area contributed by atoms with Gasteiger partial charge in [-0.05, 0) is 0 Å². The SMILES string of the molecule is C[C-]1CCCC1.[Ag+]. The maximum absolute atomic E-state index is 2.26. The van der Waals surface area contributed by atoms with Crippen molar-refractivity contribution >= 4 is 0 Å². The molecule has 0 saturated heterocycles. The molecule has 1 saturated carbocycles. The minimum atomic E-state index is 0. The summed E-state index contributed by atoms with van der Waals surface area (Å²) in [6.07, 6.45) is 5.71. The average Bonchev–Trinajstić information content (AvgIpc) is 1.86. The average molecular weight is 191 g/mol. The summed E-state index contributed by atoms with van der Waals surface area (Å²) in [7, 11) is 0. The van der Waals surface area contributed by atoms with E-state index in [-0.39, 0.29) is 22.4 Å². The predicted molar refractivity (Wildman–Crippen MR) is 27.4 cm³/mol. The molecule has 0 heterocycles. The molecule has 0 N–H and O–H groups in total. The molecule has 1 fully saturated rings. The maximum atomic E-state index is 2.26. The Morgan fingerprint density at radius 3 is 1.71 bits per heavy atom. The number of rotatable bonds is 0. The van der Waals surface area contributed by atoms with Gasteiger partial charge in [0.15, 0.2) is 0 Å². The molecule has 1 aliphatic carbocycles. The Kier molecular flexibility index (Phi) is 4.10. The van der Waals surface area contributed by atoms with Crippen LogP contribution in [0.25, 0.3) is 0 Å². The second-order valence-electron chi connectivity index (χ2n) is 2.16. The molecule has 0 amide bonds. The van der Waals surface area contributed by atoms with Gasteiger partial charge in [0.25, 0.3) is 0 Å². The largest absolute Gasteiger partial charge is 1.00 e. The summed E-state index contributed by atoms with van der Waals surface area (Å²) in [5.41, 5.74) is 0. The smallest absolute Gasteiger partial charge is 0.317 e. The third-order valence-electron chi connectivity index (χ3n) is 1.46. The zero-order valence-electron chi connectivity index (χ0n) is 4.63. The molecule has 1 heteroatoms. The van der Waals surface area contributed by atoms with E-state index in [2.05, 4.69) is 6.92 Å². The summed E-state index contributed by atoms with van der Waals surface area (Å²) in [6.45, 7) is 2.26. The van der Waals surface area contributed by atoms with Crippen molar-refractivity contribution in [1.29, 1.82) is 0 Å². The second-order valence-corrected chi connectivity index (χ2v) is 2.16. The van der Waals surface area contributed by atoms with Gasteiger partial charge in [0.1, 0.15) is 0 Å². The van der Waals surface area contributed by atoms with Crippen LogP contribution in [-0.4, -0.2) is 0 Å². The Morgan fingerprint density at radius 1 is 1.14 bits per heavy atom. The van der Waals surface area contributed by atoms with Gasteiger partial charge >= 0.3 is 22.4 Å². The van der Waals surface area contributed by atoms with E-state index in [9.17, 15) is 0 Å². The van der Waals surface area contributed by atoms with Crippen LogP contribution >= 0.6 is 0 Å². The minimum absolute atomic E-state index is 0. The summed E-state index contributed by atoms with van der Waals surface area (Å²) in [5.74, 6) is 1.70. The first-order chi connectivity index (χ1) is 2.89. The van der Waals surface area contributed by atoms with Crippen LogP contribution in [0, 0.1) is 5.92 Å². The molecule has 7 heavy (non-hydrogen) atoms. The van der Waals surface area contributed by atoms with Gasteiger partial charge in [0.05, 0.1) is 0 Å².